The van der Waals surface area contributed by atoms with Gasteiger partial charge in [0.1, 0.15) is 12.2 Å². The van der Waals surface area contributed by atoms with E-state index in [-0.39, 0.29) is 5.54 Å². The molecule has 6 rings (SSSR count). The highest BCUT2D eigenvalue weighted by Gasteiger charge is 2.27. The molecule has 1 aromatic carbocycles. The van der Waals surface area contributed by atoms with E-state index in [0.717, 1.165) is 52.7 Å². The van der Waals surface area contributed by atoms with Crippen LogP contribution in [-0.2, 0) is 19.4 Å². The van der Waals surface area contributed by atoms with E-state index in [2.05, 4.69) is 64.7 Å². The Morgan fingerprint density at radius 2 is 1.89 bits per heavy atom. The third-order valence-corrected chi connectivity index (χ3v) is 6.72. The van der Waals surface area contributed by atoms with Gasteiger partial charge in [0.05, 0.1) is 23.6 Å². The maximum absolute atomic E-state index is 5.02. The van der Waals surface area contributed by atoms with Crippen LogP contribution < -0.4 is 10.6 Å². The van der Waals surface area contributed by atoms with Crippen LogP contribution in [-0.4, -0.2) is 41.1 Å². The Kier molecular flexibility index (Phi) is 5.76. The molecule has 4 heterocycles. The van der Waals surface area contributed by atoms with Gasteiger partial charge in [0.15, 0.2) is 5.65 Å². The van der Waals surface area contributed by atoms with Crippen LogP contribution >= 0.6 is 0 Å². The zero-order chi connectivity index (χ0) is 25.6. The van der Waals surface area contributed by atoms with Crippen LogP contribution in [0.5, 0.6) is 0 Å². The SMILES string of the molecule is Cc1cccc(-c2[nH]c(CNc3cccc4c3CC(NC(C)(C)C)C4)nc2-c2ccc3ncnn3c2)n1. The Hall–Kier alpha value is -4.04. The number of H-pyrrole nitrogens is 1. The standard InChI is InChI=1S/C29H32N8/c1-18-7-5-10-24(33-18)28-27(20-11-12-26-31-17-32-37(26)16-20)34-25(35-28)15-30-23-9-6-8-19-13-21(14-22(19)23)36-29(2,3)4/h5-12,16-17,21,30,36H,13-15H2,1-4H3,(H,34,35). The van der Waals surface area contributed by atoms with Crippen molar-refractivity contribution in [2.75, 3.05) is 5.32 Å². The molecule has 0 aliphatic heterocycles. The first kappa shape index (κ1) is 23.4. The lowest BCUT2D eigenvalue weighted by Crippen LogP contribution is -2.44. The zero-order valence-corrected chi connectivity index (χ0v) is 21.7. The molecule has 0 fully saturated rings. The number of aryl methyl sites for hydroxylation is 1. The van der Waals surface area contributed by atoms with E-state index in [0.29, 0.717) is 12.6 Å². The zero-order valence-electron chi connectivity index (χ0n) is 21.7. The number of rotatable bonds is 6. The van der Waals surface area contributed by atoms with Crippen LogP contribution in [0.15, 0.2) is 61.1 Å². The third kappa shape index (κ3) is 4.84. The summed E-state index contributed by atoms with van der Waals surface area (Å²) in [5.74, 6) is 0.854. The summed E-state index contributed by atoms with van der Waals surface area (Å²) >= 11 is 0. The first-order valence-electron chi connectivity index (χ1n) is 12.8. The van der Waals surface area contributed by atoms with Gasteiger partial charge in [0.25, 0.3) is 0 Å². The Labute approximate surface area is 216 Å². The fourth-order valence-electron chi connectivity index (χ4n) is 5.25. The number of hydrogen-bond acceptors (Lipinski definition) is 6. The molecule has 1 unspecified atom stereocenters. The molecule has 8 nitrogen and oxygen atoms in total. The smallest absolute Gasteiger partial charge is 0.155 e. The summed E-state index contributed by atoms with van der Waals surface area (Å²) in [5, 5.41) is 11.7. The molecule has 1 aliphatic carbocycles. The highest BCUT2D eigenvalue weighted by Crippen LogP contribution is 2.32. The van der Waals surface area contributed by atoms with Gasteiger partial charge in [-0.05, 0) is 82.0 Å². The molecule has 0 spiro atoms. The quantitative estimate of drug-likeness (QED) is 0.310. The van der Waals surface area contributed by atoms with Crippen LogP contribution in [0.25, 0.3) is 28.3 Å². The number of pyridine rings is 2. The van der Waals surface area contributed by atoms with E-state index in [1.165, 1.54) is 16.8 Å². The molecule has 37 heavy (non-hydrogen) atoms. The van der Waals surface area contributed by atoms with Crippen molar-refractivity contribution in [1.82, 2.24) is 34.9 Å². The van der Waals surface area contributed by atoms with Crippen LogP contribution in [0.2, 0.25) is 0 Å². The molecular weight excluding hydrogens is 460 g/mol. The van der Waals surface area contributed by atoms with Gasteiger partial charge in [-0.25, -0.2) is 14.5 Å². The van der Waals surface area contributed by atoms with E-state index in [9.17, 15) is 0 Å². The number of nitrogens with zero attached hydrogens (tertiary/aromatic N) is 5. The molecule has 1 atom stereocenters. The van der Waals surface area contributed by atoms with Gasteiger partial charge in [0.2, 0.25) is 0 Å². The lowest BCUT2D eigenvalue weighted by Gasteiger charge is -2.25. The molecule has 0 saturated carbocycles. The Morgan fingerprint density at radius 1 is 1.03 bits per heavy atom. The Bertz CT molecular complexity index is 1570. The van der Waals surface area contributed by atoms with E-state index < -0.39 is 0 Å². The van der Waals surface area contributed by atoms with E-state index in [1.807, 2.05) is 43.5 Å². The lowest BCUT2D eigenvalue weighted by molar-refractivity contribution is 0.365. The molecule has 4 aromatic heterocycles. The molecule has 8 heteroatoms. The van der Waals surface area contributed by atoms with Gasteiger partial charge in [-0.3, -0.25) is 4.98 Å². The van der Waals surface area contributed by atoms with Crippen molar-refractivity contribution in [1.29, 1.82) is 0 Å². The van der Waals surface area contributed by atoms with Crippen molar-refractivity contribution >= 4 is 11.3 Å². The molecule has 3 N–H and O–H groups in total. The van der Waals surface area contributed by atoms with Crippen molar-refractivity contribution in [2.24, 2.45) is 0 Å². The van der Waals surface area contributed by atoms with Crippen molar-refractivity contribution in [3.05, 3.63) is 83.7 Å². The number of imidazole rings is 1. The van der Waals surface area contributed by atoms with Gasteiger partial charge in [-0.2, -0.15) is 5.10 Å². The number of hydrogen-bond donors (Lipinski definition) is 3. The van der Waals surface area contributed by atoms with Gasteiger partial charge in [0, 0.05) is 34.7 Å². The minimum atomic E-state index is 0.0976. The minimum Gasteiger partial charge on any atom is -0.378 e. The summed E-state index contributed by atoms with van der Waals surface area (Å²) in [4.78, 5) is 17.6. The van der Waals surface area contributed by atoms with Gasteiger partial charge >= 0.3 is 0 Å². The summed E-state index contributed by atoms with van der Waals surface area (Å²) in [6.45, 7) is 9.26. The second kappa shape index (κ2) is 9.12. The molecule has 0 saturated heterocycles. The molecule has 188 valence electrons. The van der Waals surface area contributed by atoms with E-state index in [4.69, 9.17) is 9.97 Å². The Balaban J connectivity index is 1.30. The first-order valence-corrected chi connectivity index (χ1v) is 12.8. The summed E-state index contributed by atoms with van der Waals surface area (Å²) in [7, 11) is 0. The number of aromatic amines is 1. The van der Waals surface area contributed by atoms with E-state index in [1.54, 1.807) is 10.8 Å². The largest absolute Gasteiger partial charge is 0.378 e. The summed E-state index contributed by atoms with van der Waals surface area (Å²) in [6, 6.07) is 17.0. The molecule has 5 aromatic rings. The summed E-state index contributed by atoms with van der Waals surface area (Å²) < 4.78 is 1.77. The number of fused-ring (bicyclic) bond motifs is 2. The number of anilines is 1. The number of aromatic nitrogens is 6. The van der Waals surface area contributed by atoms with Gasteiger partial charge < -0.3 is 15.6 Å². The fraction of sp³-hybridized carbons (Fsp3) is 0.310. The average Bonchev–Trinajstić information content (AvgIpc) is 3.59. The van der Waals surface area contributed by atoms with Gasteiger partial charge in [-0.15, -0.1) is 0 Å². The predicted molar refractivity (Wildman–Crippen MR) is 146 cm³/mol. The topological polar surface area (TPSA) is 95.8 Å². The fourth-order valence-corrected chi connectivity index (χ4v) is 5.25. The van der Waals surface area contributed by atoms with Crippen LogP contribution in [0, 0.1) is 6.92 Å². The van der Waals surface area contributed by atoms with E-state index >= 15 is 0 Å². The highest BCUT2D eigenvalue weighted by molar-refractivity contribution is 5.77. The summed E-state index contributed by atoms with van der Waals surface area (Å²) in [5.41, 5.74) is 9.41. The maximum Gasteiger partial charge on any atom is 0.155 e. The molecule has 0 radical (unpaired) electrons. The second-order valence-electron chi connectivity index (χ2n) is 10.8. The third-order valence-electron chi connectivity index (χ3n) is 6.72. The predicted octanol–water partition coefficient (Wildman–Crippen LogP) is 4.96. The summed E-state index contributed by atoms with van der Waals surface area (Å²) in [6.07, 6.45) is 5.60. The highest BCUT2D eigenvalue weighted by atomic mass is 15.3. The minimum absolute atomic E-state index is 0.0976. The molecular formula is C29H32N8. The molecule has 0 bridgehead atoms. The number of nitrogens with one attached hydrogen (secondary N) is 3. The average molecular weight is 493 g/mol. The van der Waals surface area contributed by atoms with Crippen molar-refractivity contribution in [2.45, 2.75) is 58.7 Å². The van der Waals surface area contributed by atoms with Gasteiger partial charge in [-0.1, -0.05) is 18.2 Å². The van der Waals surface area contributed by atoms with Crippen LogP contribution in [0.1, 0.15) is 43.4 Å². The number of benzene rings is 1. The maximum atomic E-state index is 5.02. The van der Waals surface area contributed by atoms with Crippen molar-refractivity contribution < 1.29 is 0 Å². The van der Waals surface area contributed by atoms with Crippen molar-refractivity contribution in [3.63, 3.8) is 0 Å². The van der Waals surface area contributed by atoms with Crippen molar-refractivity contribution in [3.8, 4) is 22.6 Å². The van der Waals surface area contributed by atoms with Crippen LogP contribution in [0.3, 0.4) is 0 Å². The molecule has 1 aliphatic rings. The molecule has 0 amide bonds. The first-order chi connectivity index (χ1) is 17.8. The van der Waals surface area contributed by atoms with Crippen LogP contribution in [0.4, 0.5) is 5.69 Å². The monoisotopic (exact) mass is 492 g/mol. The second-order valence-corrected chi connectivity index (χ2v) is 10.8. The Morgan fingerprint density at radius 3 is 2.73 bits per heavy atom. The normalized spacial score (nSPS) is 15.3. The lowest BCUT2D eigenvalue weighted by atomic mass is 10.1.